The molecule has 0 saturated carbocycles. The quantitative estimate of drug-likeness (QED) is 0.660. The van der Waals surface area contributed by atoms with Crippen molar-refractivity contribution in [3.05, 3.63) is 28.8 Å². The van der Waals surface area contributed by atoms with Crippen LogP contribution in [-0.4, -0.2) is 73.2 Å². The maximum absolute atomic E-state index is 12.6. The molecule has 29 heavy (non-hydrogen) atoms. The molecule has 6 nitrogen and oxygen atoms in total. The van der Waals surface area contributed by atoms with Crippen molar-refractivity contribution in [1.29, 1.82) is 0 Å². The molecule has 2 unspecified atom stereocenters. The Bertz CT molecular complexity index is 809. The zero-order valence-corrected chi connectivity index (χ0v) is 18.7. The summed E-state index contributed by atoms with van der Waals surface area (Å²) in [6.07, 6.45) is 2.16. The van der Waals surface area contributed by atoms with Crippen molar-refractivity contribution in [3.8, 4) is 0 Å². The van der Waals surface area contributed by atoms with Crippen LogP contribution in [0.4, 0.5) is 10.5 Å². The van der Waals surface area contributed by atoms with Crippen molar-refractivity contribution in [2.45, 2.75) is 50.6 Å². The second-order valence-corrected chi connectivity index (χ2v) is 9.00. The van der Waals surface area contributed by atoms with Crippen LogP contribution < -0.4 is 16.0 Å². The van der Waals surface area contributed by atoms with E-state index in [1.807, 2.05) is 25.8 Å². The zero-order chi connectivity index (χ0) is 20.7. The Labute approximate surface area is 179 Å². The van der Waals surface area contributed by atoms with Gasteiger partial charge in [-0.05, 0) is 57.0 Å². The van der Waals surface area contributed by atoms with Crippen molar-refractivity contribution in [1.82, 2.24) is 20.4 Å². The van der Waals surface area contributed by atoms with Crippen molar-refractivity contribution in [2.24, 2.45) is 0 Å². The van der Waals surface area contributed by atoms with Gasteiger partial charge in [0, 0.05) is 68.4 Å². The minimum Gasteiger partial charge on any atom is -0.384 e. The molecule has 1 saturated heterocycles. The molecule has 1 aromatic rings. The lowest BCUT2D eigenvalue weighted by molar-refractivity contribution is 0.108. The number of benzene rings is 1. The van der Waals surface area contributed by atoms with E-state index in [4.69, 9.17) is 12.2 Å². The third-order valence-electron chi connectivity index (χ3n) is 7.03. The van der Waals surface area contributed by atoms with E-state index in [1.165, 1.54) is 23.2 Å². The summed E-state index contributed by atoms with van der Waals surface area (Å²) in [5, 5.41) is 10.0. The van der Waals surface area contributed by atoms with Crippen LogP contribution in [0, 0.1) is 0 Å². The fourth-order valence-corrected chi connectivity index (χ4v) is 5.69. The van der Waals surface area contributed by atoms with Gasteiger partial charge in [-0.25, -0.2) is 4.79 Å². The molecule has 1 aliphatic carbocycles. The van der Waals surface area contributed by atoms with Crippen LogP contribution in [0.3, 0.4) is 0 Å². The molecule has 3 N–H and O–H groups in total. The molecule has 1 aromatic carbocycles. The number of likely N-dealkylation sites (tertiary alicyclic amines) is 1. The lowest BCUT2D eigenvalue weighted by Gasteiger charge is -2.48. The maximum Gasteiger partial charge on any atom is 0.317 e. The number of fused-ring (bicyclic) bond motifs is 2. The molecular formula is C22H33N5OS. The summed E-state index contributed by atoms with van der Waals surface area (Å²) >= 11 is 5.54. The molecule has 1 fully saturated rings. The van der Waals surface area contributed by atoms with Gasteiger partial charge in [-0.2, -0.15) is 0 Å². The number of anilines is 1. The Balaban J connectivity index is 1.64. The van der Waals surface area contributed by atoms with Crippen molar-refractivity contribution in [2.75, 3.05) is 45.6 Å². The second-order valence-electron chi connectivity index (χ2n) is 8.59. The number of likely N-dealkylation sites (N-methyl/N-ethyl adjacent to an activating group) is 1. The number of urea groups is 1. The molecule has 0 radical (unpaired) electrons. The van der Waals surface area contributed by atoms with Gasteiger partial charge in [0.2, 0.25) is 0 Å². The van der Waals surface area contributed by atoms with E-state index in [0.717, 1.165) is 43.2 Å². The zero-order valence-electron chi connectivity index (χ0n) is 17.9. The average molecular weight is 416 g/mol. The molecule has 2 aliphatic heterocycles. The lowest BCUT2D eigenvalue weighted by atomic mass is 9.69. The van der Waals surface area contributed by atoms with Gasteiger partial charge in [0.15, 0.2) is 0 Å². The normalized spacial score (nSPS) is 27.4. The molecule has 4 atom stereocenters. The number of thiocarbonyl (C=S) groups is 1. The Kier molecular flexibility index (Phi) is 5.71. The number of nitrogens with zero attached hydrogens (tertiary/aromatic N) is 2. The molecule has 0 bridgehead atoms. The molecule has 0 spiro atoms. The van der Waals surface area contributed by atoms with Crippen LogP contribution in [0.5, 0.6) is 0 Å². The summed E-state index contributed by atoms with van der Waals surface area (Å²) < 4.78 is 0. The highest BCUT2D eigenvalue weighted by Crippen LogP contribution is 2.50. The van der Waals surface area contributed by atoms with E-state index >= 15 is 0 Å². The number of rotatable bonds is 4. The van der Waals surface area contributed by atoms with E-state index in [9.17, 15) is 4.79 Å². The van der Waals surface area contributed by atoms with Gasteiger partial charge in [0.25, 0.3) is 0 Å². The van der Waals surface area contributed by atoms with Crippen molar-refractivity contribution in [3.63, 3.8) is 0 Å². The van der Waals surface area contributed by atoms with Gasteiger partial charge >= 0.3 is 6.03 Å². The highest BCUT2D eigenvalue weighted by molar-refractivity contribution is 7.80. The highest BCUT2D eigenvalue weighted by atomic mass is 32.1. The topological polar surface area (TPSA) is 59.6 Å². The first-order chi connectivity index (χ1) is 14.0. The maximum atomic E-state index is 12.6. The van der Waals surface area contributed by atoms with E-state index < -0.39 is 0 Å². The molecule has 0 aromatic heterocycles. The molecule has 3 aliphatic rings. The van der Waals surface area contributed by atoms with Gasteiger partial charge in [0.1, 0.15) is 4.99 Å². The average Bonchev–Trinajstić information content (AvgIpc) is 3.12. The van der Waals surface area contributed by atoms with Crippen LogP contribution in [-0.2, 0) is 0 Å². The molecule has 2 heterocycles. The molecule has 2 amide bonds. The SMILES string of the molecule is CCN(CC)C(=O)N[C@H]1CC2c3cc(C(=S)NC)cc4c3C(CN4)C[C@H]2N(C)C1. The van der Waals surface area contributed by atoms with Crippen LogP contribution in [0.25, 0.3) is 0 Å². The Morgan fingerprint density at radius 3 is 2.76 bits per heavy atom. The molecule has 158 valence electrons. The van der Waals surface area contributed by atoms with E-state index in [-0.39, 0.29) is 12.1 Å². The third-order valence-corrected chi connectivity index (χ3v) is 7.47. The highest BCUT2D eigenvalue weighted by Gasteiger charge is 2.44. The van der Waals surface area contributed by atoms with Gasteiger partial charge in [-0.3, -0.25) is 0 Å². The predicted molar refractivity (Wildman–Crippen MR) is 122 cm³/mol. The summed E-state index contributed by atoms with van der Waals surface area (Å²) in [6, 6.07) is 5.23. The fraction of sp³-hybridized carbons (Fsp3) is 0.636. The third kappa shape index (κ3) is 3.59. The number of piperidine rings is 1. The van der Waals surface area contributed by atoms with Crippen molar-refractivity contribution < 1.29 is 4.79 Å². The van der Waals surface area contributed by atoms with Gasteiger partial charge in [-0.1, -0.05) is 12.2 Å². The summed E-state index contributed by atoms with van der Waals surface area (Å²) in [7, 11) is 4.09. The smallest absolute Gasteiger partial charge is 0.317 e. The first-order valence-electron chi connectivity index (χ1n) is 10.9. The largest absolute Gasteiger partial charge is 0.384 e. The number of carbonyl (C=O) groups is 1. The van der Waals surface area contributed by atoms with Crippen LogP contribution >= 0.6 is 12.2 Å². The summed E-state index contributed by atoms with van der Waals surface area (Å²) in [4.78, 5) is 17.8. The number of amides is 2. The van der Waals surface area contributed by atoms with E-state index in [0.29, 0.717) is 17.9 Å². The Hall–Kier alpha value is -1.86. The minimum absolute atomic E-state index is 0.0533. The fourth-order valence-electron chi connectivity index (χ4n) is 5.58. The van der Waals surface area contributed by atoms with Crippen molar-refractivity contribution >= 4 is 28.9 Å². The van der Waals surface area contributed by atoms with Crippen LogP contribution in [0.2, 0.25) is 0 Å². The number of carbonyl (C=O) groups excluding carboxylic acids is 1. The van der Waals surface area contributed by atoms with E-state index in [2.05, 4.69) is 40.0 Å². The summed E-state index contributed by atoms with van der Waals surface area (Å²) in [5.41, 5.74) is 5.24. The predicted octanol–water partition coefficient (Wildman–Crippen LogP) is 2.70. The Morgan fingerprint density at radius 2 is 2.07 bits per heavy atom. The van der Waals surface area contributed by atoms with Crippen LogP contribution in [0.1, 0.15) is 55.2 Å². The molecule has 4 rings (SSSR count). The monoisotopic (exact) mass is 415 g/mol. The second kappa shape index (κ2) is 8.11. The molecular weight excluding hydrogens is 382 g/mol. The standard InChI is InChI=1S/C22H33N5OS/c1-5-27(6-2)22(28)25-15-10-16-17-7-13(21(29)23-3)8-18-20(17)14(11-24-18)9-19(16)26(4)12-15/h7-8,14-16,19,24H,5-6,9-12H2,1-4H3,(H,23,29)(H,25,28)/t14?,15-,16?,19+/m0/s1. The van der Waals surface area contributed by atoms with Gasteiger partial charge in [0.05, 0.1) is 0 Å². The lowest BCUT2D eigenvalue weighted by Crippen LogP contribution is -2.56. The first-order valence-corrected chi connectivity index (χ1v) is 11.3. The summed E-state index contributed by atoms with van der Waals surface area (Å²) in [6.45, 7) is 7.45. The summed E-state index contributed by atoms with van der Waals surface area (Å²) in [5.74, 6) is 0.989. The number of hydrogen-bond acceptors (Lipinski definition) is 4. The van der Waals surface area contributed by atoms with E-state index in [1.54, 1.807) is 0 Å². The van der Waals surface area contributed by atoms with Crippen LogP contribution in [0.15, 0.2) is 12.1 Å². The number of nitrogens with one attached hydrogen (secondary N) is 3. The first kappa shape index (κ1) is 20.4. The van der Waals surface area contributed by atoms with Gasteiger partial charge < -0.3 is 25.8 Å². The van der Waals surface area contributed by atoms with Gasteiger partial charge in [-0.15, -0.1) is 0 Å². The molecule has 7 heteroatoms. The number of hydrogen-bond donors (Lipinski definition) is 3. The minimum atomic E-state index is 0.0533. The Morgan fingerprint density at radius 1 is 1.31 bits per heavy atom.